The van der Waals surface area contributed by atoms with Crippen molar-refractivity contribution in [3.63, 3.8) is 0 Å². The molecule has 0 radical (unpaired) electrons. The third-order valence-corrected chi connectivity index (χ3v) is 6.28. The van der Waals surface area contributed by atoms with E-state index >= 15 is 0 Å². The molecule has 13 nitrogen and oxygen atoms in total. The maximum Gasteiger partial charge on any atom is 0.272 e. The molecule has 4 aromatic rings. The molecule has 4 amide bonds. The summed E-state index contributed by atoms with van der Waals surface area (Å²) in [6, 6.07) is 6.28. The molecule has 0 unspecified atom stereocenters. The summed E-state index contributed by atoms with van der Waals surface area (Å²) >= 11 is 0. The fourth-order valence-corrected chi connectivity index (χ4v) is 4.31. The molecule has 13 heteroatoms. The van der Waals surface area contributed by atoms with Crippen molar-refractivity contribution in [2.45, 2.75) is 13.3 Å². The highest BCUT2D eigenvalue weighted by molar-refractivity contribution is 6.08. The molecule has 0 bridgehead atoms. The van der Waals surface area contributed by atoms with Crippen LogP contribution < -0.4 is 27.0 Å². The molecule has 0 saturated carbocycles. The number of rotatable bonds is 9. The molecule has 0 fully saturated rings. The largest absolute Gasteiger partial charge is 0.397 e. The molecule has 40 heavy (non-hydrogen) atoms. The number of nitrogens with two attached hydrogens (primary N) is 1. The number of hydrogen-bond donors (Lipinski definition) is 5. The van der Waals surface area contributed by atoms with Gasteiger partial charge in [0.05, 0.1) is 22.7 Å². The normalized spacial score (nSPS) is 10.8. The Bertz CT molecular complexity index is 1600. The van der Waals surface area contributed by atoms with Gasteiger partial charge in [-0.05, 0) is 30.7 Å². The first-order valence-electron chi connectivity index (χ1n) is 12.6. The predicted molar refractivity (Wildman–Crippen MR) is 153 cm³/mol. The van der Waals surface area contributed by atoms with E-state index in [-0.39, 0.29) is 11.8 Å². The Morgan fingerprint density at radius 2 is 0.950 bits per heavy atom. The van der Waals surface area contributed by atoms with Crippen molar-refractivity contribution in [2.24, 2.45) is 28.2 Å². The van der Waals surface area contributed by atoms with Crippen LogP contribution in [0.25, 0.3) is 0 Å². The zero-order chi connectivity index (χ0) is 29.1. The van der Waals surface area contributed by atoms with Crippen LogP contribution in [0.5, 0.6) is 0 Å². The third kappa shape index (κ3) is 5.93. The molecule has 4 aromatic heterocycles. The van der Waals surface area contributed by atoms with Crippen molar-refractivity contribution in [3.05, 3.63) is 71.8 Å². The van der Waals surface area contributed by atoms with E-state index in [9.17, 15) is 19.2 Å². The quantitative estimate of drug-likeness (QED) is 0.217. The number of aryl methyl sites for hydroxylation is 4. The highest BCUT2D eigenvalue weighted by Gasteiger charge is 2.19. The fraction of sp³-hybridized carbons (Fsp3) is 0.259. The molecule has 0 spiro atoms. The standard InChI is InChI=1S/C27H33N9O4/c1-6-7-29-24(37)21-9-17(13-34(21)3)31-26(39)23-11-19(15-36(23)5)32-27(40)22-10-18(14-35(22)4)30-25(38)20-8-16(28)12-33(20)2/h8-15H,6-7,28H2,1-5H3,(H,29,37)(H,30,38)(H,31,39)(H,32,40). The lowest BCUT2D eigenvalue weighted by atomic mass is 10.3. The number of nitrogen functional groups attached to an aromatic ring is 1. The molecule has 6 N–H and O–H groups in total. The van der Waals surface area contributed by atoms with Gasteiger partial charge in [-0.2, -0.15) is 0 Å². The topological polar surface area (TPSA) is 162 Å². The minimum atomic E-state index is -0.422. The van der Waals surface area contributed by atoms with E-state index in [0.717, 1.165) is 6.42 Å². The Labute approximate surface area is 230 Å². The Morgan fingerprint density at radius 3 is 1.30 bits per heavy atom. The van der Waals surface area contributed by atoms with Crippen LogP contribution in [0.2, 0.25) is 0 Å². The summed E-state index contributed by atoms with van der Waals surface area (Å²) in [5.74, 6) is -1.40. The second kappa shape index (κ2) is 11.3. The number of amides is 4. The average molecular weight is 548 g/mol. The summed E-state index contributed by atoms with van der Waals surface area (Å²) < 4.78 is 6.43. The number of carbonyl (C=O) groups excluding carboxylic acids is 4. The highest BCUT2D eigenvalue weighted by Crippen LogP contribution is 2.20. The second-order valence-corrected chi connectivity index (χ2v) is 9.56. The SMILES string of the molecule is CCCNC(=O)c1cc(NC(=O)c2cc(NC(=O)c3cc(NC(=O)c4cc(N)cn4C)cn3C)cn2C)cn1C. The molecule has 0 aliphatic carbocycles. The van der Waals surface area contributed by atoms with Crippen LogP contribution >= 0.6 is 0 Å². The Kier molecular flexibility index (Phi) is 7.84. The maximum absolute atomic E-state index is 13.0. The van der Waals surface area contributed by atoms with Crippen molar-refractivity contribution >= 4 is 46.4 Å². The molecule has 0 saturated heterocycles. The fourth-order valence-electron chi connectivity index (χ4n) is 4.31. The average Bonchev–Trinajstić information content (AvgIpc) is 3.63. The number of nitrogens with zero attached hydrogens (tertiary/aromatic N) is 4. The maximum atomic E-state index is 13.0. The van der Waals surface area contributed by atoms with Crippen LogP contribution in [-0.4, -0.2) is 48.4 Å². The van der Waals surface area contributed by atoms with Gasteiger partial charge in [0, 0.05) is 59.5 Å². The summed E-state index contributed by atoms with van der Waals surface area (Å²) in [7, 11) is 6.82. The zero-order valence-electron chi connectivity index (χ0n) is 23.0. The van der Waals surface area contributed by atoms with E-state index in [1.165, 1.54) is 0 Å². The van der Waals surface area contributed by atoms with Gasteiger partial charge in [-0.15, -0.1) is 0 Å². The first-order valence-corrected chi connectivity index (χ1v) is 12.6. The summed E-state index contributed by atoms with van der Waals surface area (Å²) in [6.45, 7) is 2.53. The van der Waals surface area contributed by atoms with Crippen molar-refractivity contribution in [1.29, 1.82) is 0 Å². The van der Waals surface area contributed by atoms with E-state index in [4.69, 9.17) is 5.73 Å². The van der Waals surface area contributed by atoms with Gasteiger partial charge in [0.15, 0.2) is 0 Å². The summed E-state index contributed by atoms with van der Waals surface area (Å²) in [6.07, 6.45) is 7.35. The number of carbonyl (C=O) groups is 4. The molecule has 210 valence electrons. The number of hydrogen-bond acceptors (Lipinski definition) is 5. The zero-order valence-corrected chi connectivity index (χ0v) is 23.0. The van der Waals surface area contributed by atoms with E-state index in [1.54, 1.807) is 95.5 Å². The van der Waals surface area contributed by atoms with Crippen LogP contribution in [0.4, 0.5) is 22.7 Å². The van der Waals surface area contributed by atoms with Crippen molar-refractivity contribution in [2.75, 3.05) is 28.2 Å². The van der Waals surface area contributed by atoms with Gasteiger partial charge >= 0.3 is 0 Å². The van der Waals surface area contributed by atoms with Crippen molar-refractivity contribution in [3.8, 4) is 0 Å². The molecule has 0 aliphatic rings. The Morgan fingerprint density at radius 1 is 0.600 bits per heavy atom. The monoisotopic (exact) mass is 547 g/mol. The number of nitrogens with one attached hydrogen (secondary N) is 4. The molecule has 0 aromatic carbocycles. The predicted octanol–water partition coefficient (Wildman–Crippen LogP) is 2.52. The molecular formula is C27H33N9O4. The van der Waals surface area contributed by atoms with Gasteiger partial charge in [0.25, 0.3) is 23.6 Å². The highest BCUT2D eigenvalue weighted by atomic mass is 16.2. The molecule has 4 rings (SSSR count). The van der Waals surface area contributed by atoms with Gasteiger partial charge < -0.3 is 45.3 Å². The van der Waals surface area contributed by atoms with Gasteiger partial charge in [0.2, 0.25) is 0 Å². The van der Waals surface area contributed by atoms with Crippen LogP contribution in [0.1, 0.15) is 55.3 Å². The Hall–Kier alpha value is -5.20. The van der Waals surface area contributed by atoms with Crippen molar-refractivity contribution in [1.82, 2.24) is 23.6 Å². The van der Waals surface area contributed by atoms with Gasteiger partial charge in [0.1, 0.15) is 22.8 Å². The first-order chi connectivity index (χ1) is 19.0. The molecule has 4 heterocycles. The van der Waals surface area contributed by atoms with E-state index < -0.39 is 11.8 Å². The van der Waals surface area contributed by atoms with E-state index in [1.807, 2.05) is 6.92 Å². The third-order valence-electron chi connectivity index (χ3n) is 6.28. The molecule has 0 atom stereocenters. The van der Waals surface area contributed by atoms with Crippen molar-refractivity contribution < 1.29 is 19.2 Å². The van der Waals surface area contributed by atoms with E-state index in [2.05, 4.69) is 21.3 Å². The number of anilines is 4. The van der Waals surface area contributed by atoms with Crippen LogP contribution in [0.15, 0.2) is 49.1 Å². The minimum absolute atomic E-state index is 0.221. The van der Waals surface area contributed by atoms with Crippen LogP contribution in [-0.2, 0) is 28.2 Å². The lowest BCUT2D eigenvalue weighted by molar-refractivity contribution is 0.0943. The minimum Gasteiger partial charge on any atom is -0.397 e. The Balaban J connectivity index is 1.42. The van der Waals surface area contributed by atoms with Gasteiger partial charge in [-0.3, -0.25) is 19.2 Å². The van der Waals surface area contributed by atoms with Gasteiger partial charge in [-0.25, -0.2) is 0 Å². The van der Waals surface area contributed by atoms with Crippen LogP contribution in [0.3, 0.4) is 0 Å². The molecular weight excluding hydrogens is 514 g/mol. The van der Waals surface area contributed by atoms with Crippen LogP contribution in [0, 0.1) is 0 Å². The molecule has 0 aliphatic heterocycles. The first kappa shape index (κ1) is 27.8. The number of aromatic nitrogens is 4. The lowest BCUT2D eigenvalue weighted by Crippen LogP contribution is -2.25. The summed E-state index contributed by atoms with van der Waals surface area (Å²) in [5, 5.41) is 11.2. The second-order valence-electron chi connectivity index (χ2n) is 9.56. The summed E-state index contributed by atoms with van der Waals surface area (Å²) in [4.78, 5) is 50.9. The lowest BCUT2D eigenvalue weighted by Gasteiger charge is -2.03. The van der Waals surface area contributed by atoms with E-state index in [0.29, 0.717) is 52.1 Å². The smallest absolute Gasteiger partial charge is 0.272 e. The summed E-state index contributed by atoms with van der Waals surface area (Å²) in [5.41, 5.74) is 8.96. The van der Waals surface area contributed by atoms with Gasteiger partial charge in [-0.1, -0.05) is 6.92 Å².